The fourth-order valence-corrected chi connectivity index (χ4v) is 2.33. The molecule has 1 amide bonds. The largest absolute Gasteiger partial charge is 0.296 e. The van der Waals surface area contributed by atoms with Crippen LogP contribution in [0.3, 0.4) is 0 Å². The summed E-state index contributed by atoms with van der Waals surface area (Å²) in [5.74, 6) is -0.235. The van der Waals surface area contributed by atoms with Gasteiger partial charge in [0.15, 0.2) is 5.13 Å². The zero-order chi connectivity index (χ0) is 11.7. The Morgan fingerprint density at radius 2 is 2.18 bits per heavy atom. The molecule has 2 aromatic heterocycles. The van der Waals surface area contributed by atoms with Gasteiger partial charge in [0, 0.05) is 6.20 Å². The van der Waals surface area contributed by atoms with Gasteiger partial charge in [0.2, 0.25) is 0 Å². The summed E-state index contributed by atoms with van der Waals surface area (Å²) >= 11 is 1.45. The Balaban J connectivity index is 1.88. The van der Waals surface area contributed by atoms with Crippen molar-refractivity contribution in [3.05, 3.63) is 42.2 Å². The smallest absolute Gasteiger partial charge is 0.275 e. The van der Waals surface area contributed by atoms with Crippen LogP contribution in [0.2, 0.25) is 0 Å². The molecule has 1 aromatic carbocycles. The first-order valence-corrected chi connectivity index (χ1v) is 5.81. The first-order chi connectivity index (χ1) is 8.33. The molecule has 3 rings (SSSR count). The molecule has 0 radical (unpaired) electrons. The van der Waals surface area contributed by atoms with Gasteiger partial charge in [-0.25, -0.2) is 4.98 Å². The molecule has 0 spiro atoms. The maximum absolute atomic E-state index is 11.7. The number of aromatic nitrogens is 3. The van der Waals surface area contributed by atoms with E-state index in [-0.39, 0.29) is 5.91 Å². The topological polar surface area (TPSA) is 70.7 Å². The molecule has 2 N–H and O–H groups in total. The Hall–Kier alpha value is -2.21. The van der Waals surface area contributed by atoms with Gasteiger partial charge in [-0.2, -0.15) is 5.10 Å². The monoisotopic (exact) mass is 244 g/mol. The van der Waals surface area contributed by atoms with E-state index in [1.54, 1.807) is 6.07 Å². The maximum Gasteiger partial charge on any atom is 0.275 e. The predicted molar refractivity (Wildman–Crippen MR) is 66.2 cm³/mol. The first kappa shape index (κ1) is 9.98. The number of hydrogen-bond donors (Lipinski definition) is 2. The van der Waals surface area contributed by atoms with Crippen LogP contribution in [-0.4, -0.2) is 21.1 Å². The standard InChI is InChI=1S/C11H8N4OS/c16-10(8-5-6-12-15-8)14-11-13-7-3-1-2-4-9(7)17-11/h1-6H,(H,12,15)(H,13,14,16). The number of benzene rings is 1. The van der Waals surface area contributed by atoms with Gasteiger partial charge in [0.05, 0.1) is 10.2 Å². The van der Waals surface area contributed by atoms with E-state index in [1.165, 1.54) is 17.5 Å². The van der Waals surface area contributed by atoms with Crippen molar-refractivity contribution >= 4 is 32.6 Å². The van der Waals surface area contributed by atoms with Crippen LogP contribution in [0.25, 0.3) is 10.2 Å². The molecule has 0 fully saturated rings. The number of carbonyl (C=O) groups excluding carboxylic acids is 1. The van der Waals surface area contributed by atoms with Crippen LogP contribution in [0, 0.1) is 0 Å². The highest BCUT2D eigenvalue weighted by Crippen LogP contribution is 2.25. The second-order valence-electron chi connectivity index (χ2n) is 3.41. The highest BCUT2D eigenvalue weighted by Gasteiger charge is 2.10. The summed E-state index contributed by atoms with van der Waals surface area (Å²) in [4.78, 5) is 16.1. The third-order valence-corrected chi connectivity index (χ3v) is 3.21. The summed E-state index contributed by atoms with van der Waals surface area (Å²) in [5.41, 5.74) is 1.31. The van der Waals surface area contributed by atoms with Crippen molar-refractivity contribution in [3.63, 3.8) is 0 Å². The van der Waals surface area contributed by atoms with Gasteiger partial charge < -0.3 is 0 Å². The Bertz CT molecular complexity index is 626. The minimum absolute atomic E-state index is 0.235. The van der Waals surface area contributed by atoms with Gasteiger partial charge >= 0.3 is 0 Å². The van der Waals surface area contributed by atoms with Crippen LogP contribution >= 0.6 is 11.3 Å². The second-order valence-corrected chi connectivity index (χ2v) is 4.44. The van der Waals surface area contributed by atoms with E-state index in [1.807, 2.05) is 24.3 Å². The van der Waals surface area contributed by atoms with Crippen molar-refractivity contribution in [2.45, 2.75) is 0 Å². The summed E-state index contributed by atoms with van der Waals surface area (Å²) in [6, 6.07) is 9.36. The fraction of sp³-hybridized carbons (Fsp3) is 0. The van der Waals surface area contributed by atoms with Gasteiger partial charge in [-0.1, -0.05) is 23.5 Å². The number of thiazole rings is 1. The zero-order valence-electron chi connectivity index (χ0n) is 8.68. The first-order valence-electron chi connectivity index (χ1n) is 4.99. The number of para-hydroxylation sites is 1. The predicted octanol–water partition coefficient (Wildman–Crippen LogP) is 2.27. The molecule has 0 saturated heterocycles. The number of anilines is 1. The van der Waals surface area contributed by atoms with Crippen LogP contribution in [0.1, 0.15) is 10.5 Å². The molecule has 2 heterocycles. The van der Waals surface area contributed by atoms with Gasteiger partial charge in [-0.15, -0.1) is 0 Å². The molecule has 84 valence electrons. The summed E-state index contributed by atoms with van der Waals surface area (Å²) in [6.45, 7) is 0. The van der Waals surface area contributed by atoms with Crippen molar-refractivity contribution in [2.75, 3.05) is 5.32 Å². The van der Waals surface area contributed by atoms with Gasteiger partial charge in [0.1, 0.15) is 5.69 Å². The van der Waals surface area contributed by atoms with E-state index in [0.29, 0.717) is 10.8 Å². The third-order valence-electron chi connectivity index (χ3n) is 2.26. The molecular weight excluding hydrogens is 236 g/mol. The summed E-state index contributed by atoms with van der Waals surface area (Å²) in [5, 5.41) is 9.65. The number of fused-ring (bicyclic) bond motifs is 1. The van der Waals surface area contributed by atoms with E-state index in [2.05, 4.69) is 20.5 Å². The summed E-state index contributed by atoms with van der Waals surface area (Å²) in [7, 11) is 0. The molecule has 0 saturated carbocycles. The molecule has 0 bridgehead atoms. The van der Waals surface area contributed by atoms with Crippen LogP contribution in [0.15, 0.2) is 36.5 Å². The van der Waals surface area contributed by atoms with Crippen LogP contribution in [-0.2, 0) is 0 Å². The molecule has 3 aromatic rings. The molecule has 0 aliphatic carbocycles. The Morgan fingerprint density at radius 1 is 1.29 bits per heavy atom. The number of aromatic amines is 1. The van der Waals surface area contributed by atoms with Crippen LogP contribution in [0.4, 0.5) is 5.13 Å². The number of amides is 1. The van der Waals surface area contributed by atoms with Crippen LogP contribution < -0.4 is 5.32 Å². The zero-order valence-corrected chi connectivity index (χ0v) is 9.49. The van der Waals surface area contributed by atoms with Crippen molar-refractivity contribution in [1.82, 2.24) is 15.2 Å². The Kier molecular flexibility index (Phi) is 2.34. The molecule has 0 unspecified atom stereocenters. The number of hydrogen-bond acceptors (Lipinski definition) is 4. The highest BCUT2D eigenvalue weighted by atomic mass is 32.1. The average molecular weight is 244 g/mol. The number of nitrogens with zero attached hydrogens (tertiary/aromatic N) is 2. The maximum atomic E-state index is 11.7. The van der Waals surface area contributed by atoms with Crippen molar-refractivity contribution in [2.24, 2.45) is 0 Å². The van der Waals surface area contributed by atoms with Gasteiger partial charge in [-0.3, -0.25) is 15.2 Å². The lowest BCUT2D eigenvalue weighted by molar-refractivity contribution is 0.102. The van der Waals surface area contributed by atoms with E-state index >= 15 is 0 Å². The minimum Gasteiger partial charge on any atom is -0.296 e. The van der Waals surface area contributed by atoms with E-state index in [0.717, 1.165) is 10.2 Å². The molecule has 0 aliphatic heterocycles. The lowest BCUT2D eigenvalue weighted by atomic mass is 10.3. The number of carbonyl (C=O) groups is 1. The van der Waals surface area contributed by atoms with Crippen molar-refractivity contribution in [3.8, 4) is 0 Å². The number of rotatable bonds is 2. The molecule has 0 aliphatic rings. The van der Waals surface area contributed by atoms with E-state index in [4.69, 9.17) is 0 Å². The fourth-order valence-electron chi connectivity index (χ4n) is 1.47. The minimum atomic E-state index is -0.235. The highest BCUT2D eigenvalue weighted by molar-refractivity contribution is 7.22. The molecule has 5 nitrogen and oxygen atoms in total. The molecule has 6 heteroatoms. The van der Waals surface area contributed by atoms with Crippen molar-refractivity contribution < 1.29 is 4.79 Å². The Labute approximate surface area is 101 Å². The lowest BCUT2D eigenvalue weighted by Crippen LogP contribution is -2.11. The number of H-pyrrole nitrogens is 1. The van der Waals surface area contributed by atoms with Crippen molar-refractivity contribution in [1.29, 1.82) is 0 Å². The second kappa shape index (κ2) is 3.99. The molecular formula is C11H8N4OS. The van der Waals surface area contributed by atoms with E-state index in [9.17, 15) is 4.79 Å². The quantitative estimate of drug-likeness (QED) is 0.726. The van der Waals surface area contributed by atoms with Gasteiger partial charge in [0.25, 0.3) is 5.91 Å². The molecule has 0 atom stereocenters. The molecule has 17 heavy (non-hydrogen) atoms. The number of nitrogens with one attached hydrogen (secondary N) is 2. The van der Waals surface area contributed by atoms with E-state index < -0.39 is 0 Å². The lowest BCUT2D eigenvalue weighted by Gasteiger charge is -1.96. The average Bonchev–Trinajstić information content (AvgIpc) is 2.97. The third kappa shape index (κ3) is 1.90. The Morgan fingerprint density at radius 3 is 2.94 bits per heavy atom. The SMILES string of the molecule is O=C(Nc1nc2ccccc2s1)c1ccn[nH]1. The van der Waals surface area contributed by atoms with Gasteiger partial charge in [-0.05, 0) is 18.2 Å². The van der Waals surface area contributed by atoms with Crippen LogP contribution in [0.5, 0.6) is 0 Å². The summed E-state index contributed by atoms with van der Waals surface area (Å²) in [6.07, 6.45) is 1.53. The normalized spacial score (nSPS) is 10.6. The summed E-state index contributed by atoms with van der Waals surface area (Å²) < 4.78 is 1.05.